The molecule has 0 aliphatic heterocycles. The Hall–Kier alpha value is -2.37. The lowest BCUT2D eigenvalue weighted by Gasteiger charge is -2.28. The molecule has 0 bridgehead atoms. The van der Waals surface area contributed by atoms with Gasteiger partial charge in [0.25, 0.3) is 11.9 Å². The van der Waals surface area contributed by atoms with E-state index in [2.05, 4.69) is 11.9 Å². The molecule has 28 heavy (non-hydrogen) atoms. The van der Waals surface area contributed by atoms with E-state index < -0.39 is 29.4 Å². The minimum Gasteiger partial charge on any atom is -0.418 e. The summed E-state index contributed by atoms with van der Waals surface area (Å²) in [4.78, 5) is 14.9. The molecule has 1 aromatic heterocycles. The third-order valence-electron chi connectivity index (χ3n) is 5.49. The summed E-state index contributed by atoms with van der Waals surface area (Å²) in [5.41, 5.74) is 1.38. The summed E-state index contributed by atoms with van der Waals surface area (Å²) in [7, 11) is 0. The van der Waals surface area contributed by atoms with Gasteiger partial charge in [0.1, 0.15) is 0 Å². The van der Waals surface area contributed by atoms with E-state index >= 15 is 0 Å². The molecule has 0 atom stereocenters. The van der Waals surface area contributed by atoms with Crippen LogP contribution in [-0.4, -0.2) is 11.0 Å². The van der Waals surface area contributed by atoms with Gasteiger partial charge in [-0.25, -0.2) is 9.18 Å². The van der Waals surface area contributed by atoms with Crippen molar-refractivity contribution in [1.82, 2.24) is 4.98 Å². The standard InChI is InChI=1S/C22H24F3NO2/c1-2-3-4-14-5-7-15(8-6-14)16-9-11-17(12-10-16)22(27)28-19-13-18(23)20(24)26-21(19)25/h9-15H,2-8H2,1H3. The summed E-state index contributed by atoms with van der Waals surface area (Å²) in [6.45, 7) is 2.22. The van der Waals surface area contributed by atoms with E-state index in [1.54, 1.807) is 12.1 Å². The molecule has 0 saturated heterocycles. The second kappa shape index (κ2) is 9.22. The number of pyridine rings is 1. The van der Waals surface area contributed by atoms with Gasteiger partial charge in [-0.3, -0.25) is 0 Å². The minimum atomic E-state index is -1.58. The minimum absolute atomic E-state index is 0.213. The Kier molecular flexibility index (Phi) is 6.70. The maximum absolute atomic E-state index is 13.5. The first-order valence-corrected chi connectivity index (χ1v) is 9.81. The third-order valence-corrected chi connectivity index (χ3v) is 5.49. The first-order chi connectivity index (χ1) is 13.5. The molecule has 1 aliphatic rings. The monoisotopic (exact) mass is 391 g/mol. The van der Waals surface area contributed by atoms with Crippen LogP contribution in [0.2, 0.25) is 0 Å². The van der Waals surface area contributed by atoms with E-state index in [1.807, 2.05) is 12.1 Å². The first kappa shape index (κ1) is 20.4. The Labute approximate surface area is 162 Å². The molecule has 3 rings (SSSR count). The number of carbonyl (C=O) groups excluding carboxylic acids is 1. The number of esters is 1. The molecule has 0 N–H and O–H groups in total. The molecule has 1 heterocycles. The van der Waals surface area contributed by atoms with Crippen LogP contribution in [0.3, 0.4) is 0 Å². The Balaban J connectivity index is 1.60. The van der Waals surface area contributed by atoms with Crippen molar-refractivity contribution in [2.24, 2.45) is 5.92 Å². The van der Waals surface area contributed by atoms with E-state index in [0.29, 0.717) is 12.0 Å². The van der Waals surface area contributed by atoms with E-state index in [-0.39, 0.29) is 5.56 Å². The van der Waals surface area contributed by atoms with Crippen molar-refractivity contribution < 1.29 is 22.7 Å². The lowest BCUT2D eigenvalue weighted by Crippen LogP contribution is -2.14. The van der Waals surface area contributed by atoms with Crippen LogP contribution < -0.4 is 4.74 Å². The molecule has 150 valence electrons. The van der Waals surface area contributed by atoms with Gasteiger partial charge in [-0.05, 0) is 55.2 Å². The van der Waals surface area contributed by atoms with Crippen molar-refractivity contribution in [3.8, 4) is 5.75 Å². The number of benzene rings is 1. The van der Waals surface area contributed by atoms with Gasteiger partial charge < -0.3 is 4.74 Å². The highest BCUT2D eigenvalue weighted by Crippen LogP contribution is 2.37. The number of hydrogen-bond donors (Lipinski definition) is 0. The molecule has 6 heteroatoms. The highest BCUT2D eigenvalue weighted by Gasteiger charge is 2.22. The molecule has 0 radical (unpaired) electrons. The maximum atomic E-state index is 13.5. The molecule has 1 aliphatic carbocycles. The van der Waals surface area contributed by atoms with E-state index in [1.165, 1.54) is 37.7 Å². The normalized spacial score (nSPS) is 19.4. The van der Waals surface area contributed by atoms with Crippen LogP contribution in [0.4, 0.5) is 13.2 Å². The number of nitrogens with zero attached hydrogens (tertiary/aromatic N) is 1. The summed E-state index contributed by atoms with van der Waals surface area (Å²) in [5.74, 6) is -4.61. The Bertz CT molecular complexity index is 815. The number of rotatable bonds is 6. The van der Waals surface area contributed by atoms with Crippen molar-refractivity contribution in [2.45, 2.75) is 57.8 Å². The van der Waals surface area contributed by atoms with Gasteiger partial charge >= 0.3 is 5.97 Å². The van der Waals surface area contributed by atoms with Gasteiger partial charge in [-0.1, -0.05) is 38.3 Å². The van der Waals surface area contributed by atoms with Gasteiger partial charge in [0.15, 0.2) is 11.6 Å². The van der Waals surface area contributed by atoms with Crippen molar-refractivity contribution in [1.29, 1.82) is 0 Å². The average Bonchev–Trinajstić information content (AvgIpc) is 2.71. The summed E-state index contributed by atoms with van der Waals surface area (Å²) in [6, 6.07) is 7.47. The molecular formula is C22H24F3NO2. The topological polar surface area (TPSA) is 39.2 Å². The fraction of sp³-hybridized carbons (Fsp3) is 0.455. The fourth-order valence-corrected chi connectivity index (χ4v) is 3.83. The van der Waals surface area contributed by atoms with E-state index in [4.69, 9.17) is 4.74 Å². The average molecular weight is 391 g/mol. The van der Waals surface area contributed by atoms with Crippen LogP contribution >= 0.6 is 0 Å². The molecule has 0 unspecified atom stereocenters. The number of aromatic nitrogens is 1. The van der Waals surface area contributed by atoms with Gasteiger partial charge in [0.05, 0.1) is 5.56 Å². The first-order valence-electron chi connectivity index (χ1n) is 9.81. The summed E-state index contributed by atoms with van der Waals surface area (Å²) >= 11 is 0. The Morgan fingerprint density at radius 3 is 2.39 bits per heavy atom. The molecule has 1 aromatic carbocycles. The SMILES string of the molecule is CCCCC1CCC(c2ccc(C(=O)Oc3cc(F)c(F)nc3F)cc2)CC1. The zero-order valence-corrected chi connectivity index (χ0v) is 15.9. The summed E-state index contributed by atoms with van der Waals surface area (Å²) < 4.78 is 44.4. The van der Waals surface area contributed by atoms with E-state index in [9.17, 15) is 18.0 Å². The van der Waals surface area contributed by atoms with Gasteiger partial charge in [0.2, 0.25) is 0 Å². The Morgan fingerprint density at radius 2 is 1.75 bits per heavy atom. The number of ether oxygens (including phenoxy) is 1. The molecular weight excluding hydrogens is 367 g/mol. The Morgan fingerprint density at radius 1 is 1.07 bits per heavy atom. The summed E-state index contributed by atoms with van der Waals surface area (Å²) in [6.07, 6.45) is 8.59. The lowest BCUT2D eigenvalue weighted by molar-refractivity contribution is 0.0724. The fourth-order valence-electron chi connectivity index (χ4n) is 3.83. The molecule has 3 nitrogen and oxygen atoms in total. The maximum Gasteiger partial charge on any atom is 0.343 e. The van der Waals surface area contributed by atoms with Crippen LogP contribution in [0.15, 0.2) is 30.3 Å². The van der Waals surface area contributed by atoms with Crippen molar-refractivity contribution in [3.63, 3.8) is 0 Å². The zero-order chi connectivity index (χ0) is 20.1. The largest absolute Gasteiger partial charge is 0.418 e. The second-order valence-corrected chi connectivity index (χ2v) is 7.42. The van der Waals surface area contributed by atoms with E-state index in [0.717, 1.165) is 18.8 Å². The van der Waals surface area contributed by atoms with Crippen LogP contribution in [-0.2, 0) is 0 Å². The van der Waals surface area contributed by atoms with Gasteiger partial charge in [0, 0.05) is 6.07 Å². The van der Waals surface area contributed by atoms with Crippen LogP contribution in [0.25, 0.3) is 0 Å². The van der Waals surface area contributed by atoms with Gasteiger partial charge in [-0.2, -0.15) is 13.8 Å². The number of halogens is 3. The number of hydrogen-bond acceptors (Lipinski definition) is 3. The number of carbonyl (C=O) groups is 1. The zero-order valence-electron chi connectivity index (χ0n) is 15.9. The second-order valence-electron chi connectivity index (χ2n) is 7.42. The van der Waals surface area contributed by atoms with Crippen molar-refractivity contribution in [3.05, 3.63) is 59.2 Å². The third kappa shape index (κ3) is 4.91. The summed E-state index contributed by atoms with van der Waals surface area (Å²) in [5, 5.41) is 0. The van der Waals surface area contributed by atoms with Crippen LogP contribution in [0, 0.1) is 23.6 Å². The van der Waals surface area contributed by atoms with Gasteiger partial charge in [-0.15, -0.1) is 0 Å². The molecule has 1 fully saturated rings. The molecule has 2 aromatic rings. The highest BCUT2D eigenvalue weighted by atomic mass is 19.2. The van der Waals surface area contributed by atoms with Crippen molar-refractivity contribution >= 4 is 5.97 Å². The number of unbranched alkanes of at least 4 members (excludes halogenated alkanes) is 1. The molecule has 1 saturated carbocycles. The molecule has 0 amide bonds. The highest BCUT2D eigenvalue weighted by molar-refractivity contribution is 5.91. The predicted molar refractivity (Wildman–Crippen MR) is 99.7 cm³/mol. The van der Waals surface area contributed by atoms with Crippen LogP contribution in [0.5, 0.6) is 5.75 Å². The lowest BCUT2D eigenvalue weighted by atomic mass is 9.77. The predicted octanol–water partition coefficient (Wildman–Crippen LogP) is 6.18. The smallest absolute Gasteiger partial charge is 0.343 e. The van der Waals surface area contributed by atoms with Crippen molar-refractivity contribution in [2.75, 3.05) is 0 Å². The van der Waals surface area contributed by atoms with Crippen LogP contribution in [0.1, 0.15) is 73.7 Å². The quantitative estimate of drug-likeness (QED) is 0.436. The molecule has 0 spiro atoms.